The summed E-state index contributed by atoms with van der Waals surface area (Å²) in [5, 5.41) is 10.2. The number of hydrogen-bond donors (Lipinski definition) is 2. The second-order valence-electron chi connectivity index (χ2n) is 11.3. The third kappa shape index (κ3) is 4.16. The van der Waals surface area contributed by atoms with Crippen molar-refractivity contribution in [1.82, 2.24) is 24.4 Å². The lowest BCUT2D eigenvalue weighted by atomic mass is 9.69. The Kier molecular flexibility index (Phi) is 6.06. The third-order valence-electron chi connectivity index (χ3n) is 7.79. The van der Waals surface area contributed by atoms with Crippen LogP contribution in [0.15, 0.2) is 85.1 Å². The maximum absolute atomic E-state index is 12.4. The molecule has 8 heteroatoms. The predicted octanol–water partition coefficient (Wildman–Crippen LogP) is 6.89. The first-order valence-electron chi connectivity index (χ1n) is 13.5. The molecule has 3 aromatic heterocycles. The Balaban J connectivity index is 1.52. The van der Waals surface area contributed by atoms with E-state index in [0.29, 0.717) is 22.9 Å². The molecule has 1 aliphatic rings. The number of nitrogens with two attached hydrogens (primary N) is 1. The molecule has 0 atom stereocenters. The van der Waals surface area contributed by atoms with Crippen molar-refractivity contribution in [1.29, 1.82) is 0 Å². The summed E-state index contributed by atoms with van der Waals surface area (Å²) in [5.41, 5.74) is 11.1. The summed E-state index contributed by atoms with van der Waals surface area (Å²) in [7, 11) is 0. The van der Waals surface area contributed by atoms with Gasteiger partial charge in [-0.05, 0) is 82.0 Å². The van der Waals surface area contributed by atoms with E-state index in [4.69, 9.17) is 15.7 Å². The molecule has 202 valence electrons. The summed E-state index contributed by atoms with van der Waals surface area (Å²) >= 11 is 0. The molecule has 2 aromatic carbocycles. The fraction of sp³-hybridized carbons (Fsp3) is 0.250. The van der Waals surface area contributed by atoms with E-state index in [1.165, 1.54) is 0 Å². The largest absolute Gasteiger partial charge is 0.465 e. The van der Waals surface area contributed by atoms with Crippen LogP contribution < -0.4 is 5.73 Å². The lowest BCUT2D eigenvalue weighted by Crippen LogP contribution is -2.60. The number of pyridine rings is 2. The van der Waals surface area contributed by atoms with Crippen LogP contribution in [0.3, 0.4) is 0 Å². The number of nitrogen functional groups attached to an aromatic ring is 1. The maximum Gasteiger partial charge on any atom is 0.408 e. The van der Waals surface area contributed by atoms with Crippen LogP contribution in [-0.4, -0.2) is 41.2 Å². The number of imidazole rings is 1. The standard InChI is InChI=1S/C32H32N6O2/c1-31(2,3)38(30(39)40)32(18-8-19-32)22-12-14-23(15-13-22)37-28(24-11-7-20-34-27(24)33)36-26-17-16-25(35-29(26)37)21-9-5-4-6-10-21/h4-7,9-17,20H,8,18-19H2,1-3H3,(H2,33,34)(H,39,40). The average Bonchev–Trinajstić information content (AvgIpc) is 3.29. The van der Waals surface area contributed by atoms with E-state index in [2.05, 4.69) is 4.98 Å². The maximum atomic E-state index is 12.4. The van der Waals surface area contributed by atoms with Crippen molar-refractivity contribution in [2.24, 2.45) is 0 Å². The molecule has 1 aliphatic carbocycles. The Morgan fingerprint density at radius 1 is 0.950 bits per heavy atom. The molecule has 0 radical (unpaired) electrons. The van der Waals surface area contributed by atoms with E-state index >= 15 is 0 Å². The molecule has 1 saturated carbocycles. The summed E-state index contributed by atoms with van der Waals surface area (Å²) in [6.45, 7) is 5.86. The molecule has 40 heavy (non-hydrogen) atoms. The van der Waals surface area contributed by atoms with E-state index < -0.39 is 17.2 Å². The van der Waals surface area contributed by atoms with Gasteiger partial charge in [-0.2, -0.15) is 0 Å². The fourth-order valence-corrected chi connectivity index (χ4v) is 5.94. The second-order valence-corrected chi connectivity index (χ2v) is 11.3. The molecule has 8 nitrogen and oxygen atoms in total. The number of nitrogens with zero attached hydrogens (tertiary/aromatic N) is 5. The minimum atomic E-state index is -0.899. The highest BCUT2D eigenvalue weighted by molar-refractivity contribution is 5.84. The highest BCUT2D eigenvalue weighted by Gasteiger charge is 2.50. The van der Waals surface area contributed by atoms with Crippen molar-refractivity contribution >= 4 is 23.1 Å². The van der Waals surface area contributed by atoms with Gasteiger partial charge >= 0.3 is 6.09 Å². The molecular weight excluding hydrogens is 500 g/mol. The molecular formula is C32H32N6O2. The highest BCUT2D eigenvalue weighted by Crippen LogP contribution is 2.49. The first-order chi connectivity index (χ1) is 19.2. The Hall–Kier alpha value is -4.72. The van der Waals surface area contributed by atoms with Crippen molar-refractivity contribution in [2.75, 3.05) is 5.73 Å². The van der Waals surface area contributed by atoms with Gasteiger partial charge in [0, 0.05) is 23.0 Å². The molecule has 5 aromatic rings. The van der Waals surface area contributed by atoms with E-state index in [1.807, 2.05) is 104 Å². The van der Waals surface area contributed by atoms with Crippen molar-refractivity contribution in [3.05, 3.63) is 90.6 Å². The van der Waals surface area contributed by atoms with Crippen LogP contribution in [0.2, 0.25) is 0 Å². The Morgan fingerprint density at radius 2 is 1.68 bits per heavy atom. The number of amides is 1. The molecule has 6 rings (SSSR count). The van der Waals surface area contributed by atoms with Gasteiger partial charge in [-0.15, -0.1) is 0 Å². The third-order valence-corrected chi connectivity index (χ3v) is 7.79. The molecule has 0 saturated heterocycles. The number of rotatable bonds is 5. The monoisotopic (exact) mass is 532 g/mol. The first kappa shape index (κ1) is 25.6. The summed E-state index contributed by atoms with van der Waals surface area (Å²) in [5.74, 6) is 1.03. The zero-order chi connectivity index (χ0) is 28.1. The Labute approximate surface area is 233 Å². The zero-order valence-corrected chi connectivity index (χ0v) is 22.9. The van der Waals surface area contributed by atoms with E-state index in [-0.39, 0.29) is 0 Å². The molecule has 0 spiro atoms. The summed E-state index contributed by atoms with van der Waals surface area (Å²) in [6.07, 6.45) is 3.34. The van der Waals surface area contributed by atoms with Crippen LogP contribution in [-0.2, 0) is 5.54 Å². The minimum Gasteiger partial charge on any atom is -0.465 e. The number of aromatic nitrogens is 4. The molecule has 3 N–H and O–H groups in total. The summed E-state index contributed by atoms with van der Waals surface area (Å²) in [4.78, 5) is 28.3. The number of hydrogen-bond acceptors (Lipinski definition) is 5. The van der Waals surface area contributed by atoms with Crippen LogP contribution in [0, 0.1) is 0 Å². The van der Waals surface area contributed by atoms with Gasteiger partial charge in [0.15, 0.2) is 11.5 Å². The van der Waals surface area contributed by atoms with Gasteiger partial charge in [0.05, 0.1) is 16.8 Å². The van der Waals surface area contributed by atoms with E-state index in [0.717, 1.165) is 47.3 Å². The topological polar surface area (TPSA) is 110 Å². The number of fused-ring (bicyclic) bond motifs is 1. The minimum absolute atomic E-state index is 0.384. The number of benzene rings is 2. The van der Waals surface area contributed by atoms with Gasteiger partial charge in [-0.25, -0.2) is 19.7 Å². The lowest BCUT2D eigenvalue weighted by molar-refractivity contribution is -0.0328. The molecule has 1 amide bonds. The van der Waals surface area contributed by atoms with Gasteiger partial charge in [-0.3, -0.25) is 9.47 Å². The van der Waals surface area contributed by atoms with Crippen molar-refractivity contribution < 1.29 is 9.90 Å². The van der Waals surface area contributed by atoms with Crippen LogP contribution >= 0.6 is 0 Å². The smallest absolute Gasteiger partial charge is 0.408 e. The average molecular weight is 533 g/mol. The number of anilines is 1. The summed E-state index contributed by atoms with van der Waals surface area (Å²) < 4.78 is 2.01. The van der Waals surface area contributed by atoms with E-state index in [9.17, 15) is 9.90 Å². The first-order valence-corrected chi connectivity index (χ1v) is 13.5. The number of carbonyl (C=O) groups is 1. The second kappa shape index (κ2) is 9.48. The van der Waals surface area contributed by atoms with E-state index in [1.54, 1.807) is 11.1 Å². The van der Waals surface area contributed by atoms with Gasteiger partial charge in [0.25, 0.3) is 0 Å². The quantitative estimate of drug-likeness (QED) is 0.255. The van der Waals surface area contributed by atoms with Crippen LogP contribution in [0.25, 0.3) is 39.5 Å². The normalized spacial score (nSPS) is 14.6. The van der Waals surface area contributed by atoms with Crippen molar-refractivity contribution in [2.45, 2.75) is 51.1 Å². The van der Waals surface area contributed by atoms with Crippen LogP contribution in [0.1, 0.15) is 45.6 Å². The molecule has 0 bridgehead atoms. The predicted molar refractivity (Wildman–Crippen MR) is 157 cm³/mol. The van der Waals surface area contributed by atoms with Gasteiger partial charge in [0.1, 0.15) is 11.3 Å². The molecule has 0 aliphatic heterocycles. The van der Waals surface area contributed by atoms with Gasteiger partial charge in [-0.1, -0.05) is 42.5 Å². The van der Waals surface area contributed by atoms with Crippen LogP contribution in [0.5, 0.6) is 0 Å². The van der Waals surface area contributed by atoms with Gasteiger partial charge < -0.3 is 10.8 Å². The lowest BCUT2D eigenvalue weighted by Gasteiger charge is -2.54. The van der Waals surface area contributed by atoms with Crippen LogP contribution in [0.4, 0.5) is 10.6 Å². The fourth-order valence-electron chi connectivity index (χ4n) is 5.94. The van der Waals surface area contributed by atoms with Gasteiger partial charge in [0.2, 0.25) is 0 Å². The number of carboxylic acid groups (broad SMARTS) is 1. The summed E-state index contributed by atoms with van der Waals surface area (Å²) in [6, 6.07) is 25.9. The van der Waals surface area contributed by atoms with Crippen molar-refractivity contribution in [3.8, 4) is 28.3 Å². The Morgan fingerprint density at radius 3 is 2.27 bits per heavy atom. The molecule has 3 heterocycles. The highest BCUT2D eigenvalue weighted by atomic mass is 16.4. The SMILES string of the molecule is CC(C)(C)N(C(=O)O)C1(c2ccc(-n3c(-c4cccnc4N)nc4ccc(-c5ccccc5)nc43)cc2)CCC1. The van der Waals surface area contributed by atoms with Crippen molar-refractivity contribution in [3.63, 3.8) is 0 Å². The molecule has 0 unspecified atom stereocenters. The molecule has 1 fully saturated rings. The Bertz CT molecular complexity index is 1700. The zero-order valence-electron chi connectivity index (χ0n) is 22.9.